The summed E-state index contributed by atoms with van der Waals surface area (Å²) in [5.74, 6) is 0.631. The van der Waals surface area contributed by atoms with Gasteiger partial charge in [0.15, 0.2) is 0 Å². The van der Waals surface area contributed by atoms with Gasteiger partial charge in [-0.15, -0.1) is 0 Å². The number of hydrogen-bond donors (Lipinski definition) is 2. The second-order valence-electron chi connectivity index (χ2n) is 5.73. The standard InChI is InChI=1S/C13H23N3O2/c1-9(2)6-15-12(17)8-16-7-11-10(13(16)18)4-3-5-14-11/h9-11,14H,3-8H2,1-2H3,(H,15,17). The molecule has 2 fully saturated rings. The number of carbonyl (C=O) groups excluding carboxylic acids is 2. The van der Waals surface area contributed by atoms with E-state index in [0.717, 1.165) is 19.4 Å². The molecule has 0 bridgehead atoms. The molecule has 2 N–H and O–H groups in total. The minimum absolute atomic E-state index is 0.0457. The van der Waals surface area contributed by atoms with Gasteiger partial charge in [0, 0.05) is 19.1 Å². The lowest BCUT2D eigenvalue weighted by atomic mass is 9.94. The quantitative estimate of drug-likeness (QED) is 0.739. The average Bonchev–Trinajstić information content (AvgIpc) is 2.65. The van der Waals surface area contributed by atoms with Gasteiger partial charge in [-0.1, -0.05) is 13.8 Å². The molecule has 0 radical (unpaired) electrons. The molecule has 0 aromatic heterocycles. The molecule has 0 aromatic rings. The molecule has 2 saturated heterocycles. The van der Waals surface area contributed by atoms with E-state index in [2.05, 4.69) is 24.5 Å². The molecule has 5 heteroatoms. The highest BCUT2D eigenvalue weighted by Gasteiger charge is 2.41. The van der Waals surface area contributed by atoms with Crippen molar-refractivity contribution in [3.63, 3.8) is 0 Å². The van der Waals surface area contributed by atoms with Crippen molar-refractivity contribution >= 4 is 11.8 Å². The van der Waals surface area contributed by atoms with E-state index in [0.29, 0.717) is 19.0 Å². The lowest BCUT2D eigenvalue weighted by Gasteiger charge is -2.23. The number of fused-ring (bicyclic) bond motifs is 1. The average molecular weight is 253 g/mol. The van der Waals surface area contributed by atoms with Crippen LogP contribution >= 0.6 is 0 Å². The molecule has 2 aliphatic rings. The molecule has 18 heavy (non-hydrogen) atoms. The molecule has 102 valence electrons. The van der Waals surface area contributed by atoms with Gasteiger partial charge in [0.05, 0.1) is 12.5 Å². The van der Waals surface area contributed by atoms with Crippen molar-refractivity contribution in [3.05, 3.63) is 0 Å². The number of nitrogens with zero attached hydrogens (tertiary/aromatic N) is 1. The Labute approximate surface area is 108 Å². The fraction of sp³-hybridized carbons (Fsp3) is 0.846. The zero-order valence-corrected chi connectivity index (χ0v) is 11.2. The maximum absolute atomic E-state index is 12.1. The van der Waals surface area contributed by atoms with Crippen LogP contribution in [-0.4, -0.2) is 48.9 Å². The van der Waals surface area contributed by atoms with Crippen molar-refractivity contribution in [1.29, 1.82) is 0 Å². The van der Waals surface area contributed by atoms with Gasteiger partial charge in [0.2, 0.25) is 11.8 Å². The van der Waals surface area contributed by atoms with Gasteiger partial charge in [0.1, 0.15) is 0 Å². The Morgan fingerprint density at radius 2 is 2.33 bits per heavy atom. The number of rotatable bonds is 4. The van der Waals surface area contributed by atoms with Crippen molar-refractivity contribution in [2.24, 2.45) is 11.8 Å². The highest BCUT2D eigenvalue weighted by molar-refractivity contribution is 5.88. The van der Waals surface area contributed by atoms with Crippen molar-refractivity contribution in [1.82, 2.24) is 15.5 Å². The molecule has 2 heterocycles. The van der Waals surface area contributed by atoms with Crippen molar-refractivity contribution in [2.75, 3.05) is 26.2 Å². The first kappa shape index (κ1) is 13.3. The predicted octanol–water partition coefficient (Wildman–Crippen LogP) is -0.0310. The molecule has 0 saturated carbocycles. The Kier molecular flexibility index (Phi) is 4.22. The molecule has 2 rings (SSSR count). The first-order valence-corrected chi connectivity index (χ1v) is 6.87. The second-order valence-corrected chi connectivity index (χ2v) is 5.73. The summed E-state index contributed by atoms with van der Waals surface area (Å²) in [5, 5.41) is 6.23. The van der Waals surface area contributed by atoms with Gasteiger partial charge < -0.3 is 15.5 Å². The van der Waals surface area contributed by atoms with E-state index < -0.39 is 0 Å². The van der Waals surface area contributed by atoms with Crippen molar-refractivity contribution in [3.8, 4) is 0 Å². The van der Waals surface area contributed by atoms with Gasteiger partial charge >= 0.3 is 0 Å². The van der Waals surface area contributed by atoms with E-state index in [-0.39, 0.29) is 30.3 Å². The fourth-order valence-electron chi connectivity index (χ4n) is 2.69. The van der Waals surface area contributed by atoms with Gasteiger partial charge in [-0.05, 0) is 25.3 Å². The summed E-state index contributed by atoms with van der Waals surface area (Å²) >= 11 is 0. The number of piperidine rings is 1. The SMILES string of the molecule is CC(C)CNC(=O)CN1CC2NCCCC2C1=O. The van der Waals surface area contributed by atoms with Crippen LogP contribution in [0.15, 0.2) is 0 Å². The van der Waals surface area contributed by atoms with Crippen LogP contribution in [0, 0.1) is 11.8 Å². The van der Waals surface area contributed by atoms with Crippen molar-refractivity contribution in [2.45, 2.75) is 32.7 Å². The van der Waals surface area contributed by atoms with Crippen LogP contribution in [-0.2, 0) is 9.59 Å². The van der Waals surface area contributed by atoms with Crippen LogP contribution < -0.4 is 10.6 Å². The monoisotopic (exact) mass is 253 g/mol. The Bertz CT molecular complexity index is 330. The number of hydrogen-bond acceptors (Lipinski definition) is 3. The molecule has 5 nitrogen and oxygen atoms in total. The molecule has 2 amide bonds. The van der Waals surface area contributed by atoms with Crippen LogP contribution in [0.1, 0.15) is 26.7 Å². The molecular formula is C13H23N3O2. The molecule has 2 atom stereocenters. The zero-order chi connectivity index (χ0) is 13.1. The number of likely N-dealkylation sites (tertiary alicyclic amines) is 1. The van der Waals surface area contributed by atoms with Gasteiger partial charge in [-0.2, -0.15) is 0 Å². The Balaban J connectivity index is 1.83. The summed E-state index contributed by atoms with van der Waals surface area (Å²) in [6, 6.07) is 0.254. The van der Waals surface area contributed by atoms with Crippen molar-refractivity contribution < 1.29 is 9.59 Å². The summed E-state index contributed by atoms with van der Waals surface area (Å²) in [6.45, 7) is 6.66. The van der Waals surface area contributed by atoms with Gasteiger partial charge in [-0.3, -0.25) is 9.59 Å². The Morgan fingerprint density at radius 3 is 3.00 bits per heavy atom. The second kappa shape index (κ2) is 5.69. The van der Waals surface area contributed by atoms with E-state index >= 15 is 0 Å². The van der Waals surface area contributed by atoms with Gasteiger partial charge in [-0.25, -0.2) is 0 Å². The first-order valence-electron chi connectivity index (χ1n) is 6.87. The summed E-state index contributed by atoms with van der Waals surface area (Å²) in [6.07, 6.45) is 2.01. The predicted molar refractivity (Wildman–Crippen MR) is 68.9 cm³/mol. The molecule has 2 unspecified atom stereocenters. The molecule has 0 aromatic carbocycles. The van der Waals surface area contributed by atoms with Crippen LogP contribution in [0.2, 0.25) is 0 Å². The maximum Gasteiger partial charge on any atom is 0.239 e. The van der Waals surface area contributed by atoms with E-state index in [4.69, 9.17) is 0 Å². The molecule has 0 aliphatic carbocycles. The molecule has 2 aliphatic heterocycles. The van der Waals surface area contributed by atoms with E-state index in [1.165, 1.54) is 0 Å². The highest BCUT2D eigenvalue weighted by atomic mass is 16.2. The Hall–Kier alpha value is -1.10. The smallest absolute Gasteiger partial charge is 0.239 e. The highest BCUT2D eigenvalue weighted by Crippen LogP contribution is 2.25. The number of amides is 2. The zero-order valence-electron chi connectivity index (χ0n) is 11.2. The largest absolute Gasteiger partial charge is 0.354 e. The third-order valence-electron chi connectivity index (χ3n) is 3.67. The first-order chi connectivity index (χ1) is 8.58. The van der Waals surface area contributed by atoms with Crippen LogP contribution in [0.4, 0.5) is 0 Å². The normalized spacial score (nSPS) is 27.5. The minimum Gasteiger partial charge on any atom is -0.354 e. The lowest BCUT2D eigenvalue weighted by molar-refractivity contribution is -0.135. The summed E-state index contributed by atoms with van der Waals surface area (Å²) in [4.78, 5) is 25.5. The topological polar surface area (TPSA) is 61.4 Å². The fourth-order valence-corrected chi connectivity index (χ4v) is 2.69. The minimum atomic E-state index is -0.0457. The van der Waals surface area contributed by atoms with Crippen LogP contribution in [0.3, 0.4) is 0 Å². The Morgan fingerprint density at radius 1 is 1.56 bits per heavy atom. The van der Waals surface area contributed by atoms with E-state index in [1.54, 1.807) is 4.90 Å². The lowest BCUT2D eigenvalue weighted by Crippen LogP contribution is -2.41. The third-order valence-corrected chi connectivity index (χ3v) is 3.67. The summed E-state index contributed by atoms with van der Waals surface area (Å²) in [5.41, 5.74) is 0. The van der Waals surface area contributed by atoms with Crippen LogP contribution in [0.25, 0.3) is 0 Å². The third kappa shape index (κ3) is 3.02. The number of carbonyl (C=O) groups is 2. The maximum atomic E-state index is 12.1. The van der Waals surface area contributed by atoms with E-state index in [9.17, 15) is 9.59 Å². The summed E-state index contributed by atoms with van der Waals surface area (Å²) < 4.78 is 0. The van der Waals surface area contributed by atoms with Crippen LogP contribution in [0.5, 0.6) is 0 Å². The summed E-state index contributed by atoms with van der Waals surface area (Å²) in [7, 11) is 0. The molecule has 0 spiro atoms. The number of nitrogens with one attached hydrogen (secondary N) is 2. The molecular weight excluding hydrogens is 230 g/mol. The van der Waals surface area contributed by atoms with E-state index in [1.807, 2.05) is 0 Å². The van der Waals surface area contributed by atoms with Gasteiger partial charge in [0.25, 0.3) is 0 Å².